The van der Waals surface area contributed by atoms with E-state index in [1.807, 2.05) is 11.0 Å². The number of nitrogens with one attached hydrogen (secondary N) is 1. The van der Waals surface area contributed by atoms with Crippen molar-refractivity contribution in [3.8, 4) is 0 Å². The molecule has 2 aromatic rings. The first-order valence-corrected chi connectivity index (χ1v) is 7.83. The number of aromatic amines is 1. The van der Waals surface area contributed by atoms with E-state index in [0.29, 0.717) is 24.4 Å². The van der Waals surface area contributed by atoms with E-state index in [2.05, 4.69) is 10.1 Å². The van der Waals surface area contributed by atoms with Crippen molar-refractivity contribution in [2.24, 2.45) is 0 Å². The van der Waals surface area contributed by atoms with Crippen molar-refractivity contribution in [3.05, 3.63) is 42.0 Å². The lowest BCUT2D eigenvalue weighted by molar-refractivity contribution is 0.0525. The zero-order valence-corrected chi connectivity index (χ0v) is 13.1. The monoisotopic (exact) mass is 316 g/mol. The van der Waals surface area contributed by atoms with Crippen LogP contribution in [-0.4, -0.2) is 51.2 Å². The minimum absolute atomic E-state index is 0.00234. The Hall–Kier alpha value is -2.57. The molecule has 3 rings (SSSR count). The maximum Gasteiger partial charge on any atom is 0.341 e. The molecule has 0 bridgehead atoms. The van der Waals surface area contributed by atoms with Crippen LogP contribution in [-0.2, 0) is 4.74 Å². The van der Waals surface area contributed by atoms with Crippen LogP contribution in [0.2, 0.25) is 0 Å². The van der Waals surface area contributed by atoms with Crippen LogP contribution in [0, 0.1) is 0 Å². The van der Waals surface area contributed by atoms with Gasteiger partial charge in [0.1, 0.15) is 5.69 Å². The summed E-state index contributed by atoms with van der Waals surface area (Å²) >= 11 is 0. The number of nitrogens with zero attached hydrogens (tertiary/aromatic N) is 3. The maximum atomic E-state index is 12.4. The van der Waals surface area contributed by atoms with Crippen LogP contribution in [0.15, 0.2) is 30.7 Å². The number of rotatable bonds is 4. The van der Waals surface area contributed by atoms with Gasteiger partial charge in [-0.2, -0.15) is 5.10 Å². The van der Waals surface area contributed by atoms with E-state index in [1.165, 1.54) is 6.20 Å². The molecular weight excluding hydrogens is 296 g/mol. The van der Waals surface area contributed by atoms with Gasteiger partial charge in [0.2, 0.25) is 0 Å². The highest BCUT2D eigenvalue weighted by atomic mass is 16.5. The molecule has 0 radical (unpaired) electrons. The highest BCUT2D eigenvalue weighted by Gasteiger charge is 2.26. The molecule has 1 fully saturated rings. The Labute approximate surface area is 134 Å². The van der Waals surface area contributed by atoms with Crippen molar-refractivity contribution in [2.75, 3.05) is 19.7 Å². The second kappa shape index (κ2) is 6.68. The van der Waals surface area contributed by atoms with Crippen molar-refractivity contribution in [1.82, 2.24) is 19.7 Å². The summed E-state index contributed by atoms with van der Waals surface area (Å²) in [5.74, 6) is -0.369. The molecule has 0 unspecified atom stereocenters. The summed E-state index contributed by atoms with van der Waals surface area (Å²) in [5.41, 5.74) is 1.04. The number of likely N-dealkylation sites (tertiary alicyclic amines) is 1. The van der Waals surface area contributed by atoms with Crippen LogP contribution in [0.3, 0.4) is 0 Å². The Morgan fingerprint density at radius 2 is 2.35 bits per heavy atom. The summed E-state index contributed by atoms with van der Waals surface area (Å²) in [6.07, 6.45) is 6.80. The fraction of sp³-hybridized carbons (Fsp3) is 0.438. The van der Waals surface area contributed by atoms with E-state index in [4.69, 9.17) is 4.74 Å². The molecule has 1 aliphatic rings. The van der Waals surface area contributed by atoms with Gasteiger partial charge in [-0.15, -0.1) is 0 Å². The predicted molar refractivity (Wildman–Crippen MR) is 83.2 cm³/mol. The molecule has 1 aliphatic heterocycles. The molecule has 3 heterocycles. The van der Waals surface area contributed by atoms with Crippen LogP contribution in [0.25, 0.3) is 0 Å². The Balaban J connectivity index is 1.69. The third kappa shape index (κ3) is 3.28. The van der Waals surface area contributed by atoms with Gasteiger partial charge < -0.3 is 14.6 Å². The Bertz CT molecular complexity index is 677. The third-order valence-electron chi connectivity index (χ3n) is 4.00. The van der Waals surface area contributed by atoms with E-state index >= 15 is 0 Å². The number of carbonyl (C=O) groups excluding carboxylic acids is 2. The van der Waals surface area contributed by atoms with Gasteiger partial charge in [-0.3, -0.25) is 9.48 Å². The number of H-pyrrole nitrogens is 1. The lowest BCUT2D eigenvalue weighted by Gasteiger charge is -2.32. The van der Waals surface area contributed by atoms with Crippen LogP contribution in [0.1, 0.15) is 46.7 Å². The van der Waals surface area contributed by atoms with Crippen LogP contribution in [0.5, 0.6) is 0 Å². The quantitative estimate of drug-likeness (QED) is 0.873. The average molecular weight is 316 g/mol. The van der Waals surface area contributed by atoms with Gasteiger partial charge in [0.15, 0.2) is 0 Å². The second-order valence-electron chi connectivity index (χ2n) is 5.56. The lowest BCUT2D eigenvalue weighted by atomic mass is 10.1. The summed E-state index contributed by atoms with van der Waals surface area (Å²) in [5, 5.41) is 4.27. The molecule has 0 spiro atoms. The summed E-state index contributed by atoms with van der Waals surface area (Å²) in [6.45, 7) is 3.43. The summed E-state index contributed by atoms with van der Waals surface area (Å²) in [7, 11) is 0. The predicted octanol–water partition coefficient (Wildman–Crippen LogP) is 1.87. The number of ether oxygens (including phenoxy) is 1. The van der Waals surface area contributed by atoms with Gasteiger partial charge in [-0.05, 0) is 31.9 Å². The molecule has 0 aromatic carbocycles. The van der Waals surface area contributed by atoms with E-state index in [0.717, 1.165) is 19.4 Å². The summed E-state index contributed by atoms with van der Waals surface area (Å²) < 4.78 is 6.74. The molecule has 7 nitrogen and oxygen atoms in total. The fourth-order valence-electron chi connectivity index (χ4n) is 2.85. The number of carbonyl (C=O) groups is 2. The van der Waals surface area contributed by atoms with E-state index in [-0.39, 0.29) is 17.9 Å². The van der Waals surface area contributed by atoms with Crippen molar-refractivity contribution >= 4 is 11.9 Å². The van der Waals surface area contributed by atoms with Gasteiger partial charge >= 0.3 is 5.97 Å². The Morgan fingerprint density at radius 1 is 1.48 bits per heavy atom. The Kier molecular flexibility index (Phi) is 4.45. The maximum absolute atomic E-state index is 12.4. The minimum atomic E-state index is -0.367. The molecule has 0 saturated carbocycles. The number of piperidine rings is 1. The largest absolute Gasteiger partial charge is 0.462 e. The molecule has 1 amide bonds. The molecule has 122 valence electrons. The van der Waals surface area contributed by atoms with Crippen molar-refractivity contribution in [1.29, 1.82) is 0 Å². The molecule has 0 aliphatic carbocycles. The molecule has 1 saturated heterocycles. The molecular formula is C16H20N4O3. The average Bonchev–Trinajstić information content (AvgIpc) is 3.26. The first-order chi connectivity index (χ1) is 11.2. The summed E-state index contributed by atoms with van der Waals surface area (Å²) in [6, 6.07) is 3.66. The van der Waals surface area contributed by atoms with E-state index in [9.17, 15) is 9.59 Å². The standard InChI is InChI=1S/C16H20N4O3/c1-2-23-16(22)12-9-18-20(10-12)13-5-4-8-19(11-13)15(21)14-6-3-7-17-14/h3,6-7,9-10,13,17H,2,4-5,8,11H2,1H3/t13-/m0/s1. The number of amides is 1. The van der Waals surface area contributed by atoms with Crippen LogP contribution in [0.4, 0.5) is 0 Å². The molecule has 1 N–H and O–H groups in total. The molecule has 2 aromatic heterocycles. The SMILES string of the molecule is CCOC(=O)c1cnn([C@H]2CCCN(C(=O)c3ccc[nH]3)C2)c1. The zero-order chi connectivity index (χ0) is 16.2. The van der Waals surface area contributed by atoms with Gasteiger partial charge in [-0.25, -0.2) is 4.79 Å². The normalized spacial score (nSPS) is 18.0. The first kappa shape index (κ1) is 15.3. The highest BCUT2D eigenvalue weighted by molar-refractivity contribution is 5.92. The second-order valence-corrected chi connectivity index (χ2v) is 5.56. The van der Waals surface area contributed by atoms with Gasteiger partial charge in [0, 0.05) is 25.5 Å². The first-order valence-electron chi connectivity index (χ1n) is 7.83. The van der Waals surface area contributed by atoms with Crippen LogP contribution >= 0.6 is 0 Å². The van der Waals surface area contributed by atoms with Gasteiger partial charge in [-0.1, -0.05) is 0 Å². The summed E-state index contributed by atoms with van der Waals surface area (Å²) in [4.78, 5) is 28.9. The number of aromatic nitrogens is 3. The number of hydrogen-bond donors (Lipinski definition) is 1. The van der Waals surface area contributed by atoms with Crippen molar-refractivity contribution < 1.29 is 14.3 Å². The van der Waals surface area contributed by atoms with Crippen molar-refractivity contribution in [2.45, 2.75) is 25.8 Å². The van der Waals surface area contributed by atoms with E-state index < -0.39 is 0 Å². The lowest BCUT2D eigenvalue weighted by Crippen LogP contribution is -2.41. The smallest absolute Gasteiger partial charge is 0.341 e. The molecule has 7 heteroatoms. The number of esters is 1. The topological polar surface area (TPSA) is 80.2 Å². The minimum Gasteiger partial charge on any atom is -0.462 e. The van der Waals surface area contributed by atoms with Gasteiger partial charge in [0.05, 0.1) is 24.4 Å². The zero-order valence-electron chi connectivity index (χ0n) is 13.1. The molecule has 1 atom stereocenters. The molecule has 23 heavy (non-hydrogen) atoms. The van der Waals surface area contributed by atoms with Gasteiger partial charge in [0.25, 0.3) is 5.91 Å². The highest BCUT2D eigenvalue weighted by Crippen LogP contribution is 2.22. The third-order valence-corrected chi connectivity index (χ3v) is 4.00. The van der Waals surface area contributed by atoms with Crippen molar-refractivity contribution in [3.63, 3.8) is 0 Å². The number of hydrogen-bond acceptors (Lipinski definition) is 4. The van der Waals surface area contributed by atoms with Crippen LogP contribution < -0.4 is 0 Å². The Morgan fingerprint density at radius 3 is 3.09 bits per heavy atom. The van der Waals surface area contributed by atoms with E-state index in [1.54, 1.807) is 30.1 Å². The fourth-order valence-corrected chi connectivity index (χ4v) is 2.85.